The van der Waals surface area contributed by atoms with Crippen molar-refractivity contribution in [3.8, 4) is 23.1 Å². The van der Waals surface area contributed by atoms with Crippen molar-refractivity contribution >= 4 is 11.5 Å². The summed E-state index contributed by atoms with van der Waals surface area (Å²) in [5, 5.41) is 16.3. The molecule has 0 radical (unpaired) electrons. The monoisotopic (exact) mass is 361 g/mol. The Balaban J connectivity index is 1.70. The molecule has 27 heavy (non-hydrogen) atoms. The standard InChI is InChI=1S/C21H23N5O/c1-27-18-10-14-6-4-5-13(14)9-17(18)19-21(24-16-7-2-3-8-16)26-20(25-19)15(11-22)12-23-26/h9-10,12,16,23-24H,2-8H2,1H3. The van der Waals surface area contributed by atoms with E-state index in [2.05, 4.69) is 28.6 Å². The second-order valence-electron chi connectivity index (χ2n) is 7.57. The van der Waals surface area contributed by atoms with Gasteiger partial charge in [-0.1, -0.05) is 12.8 Å². The molecular weight excluding hydrogens is 338 g/mol. The van der Waals surface area contributed by atoms with E-state index in [4.69, 9.17) is 9.72 Å². The number of hydrogen-bond donors (Lipinski definition) is 2. The van der Waals surface area contributed by atoms with Gasteiger partial charge in [0.05, 0.1) is 7.11 Å². The molecule has 6 nitrogen and oxygen atoms in total. The topological polar surface area (TPSA) is 78.1 Å². The Morgan fingerprint density at radius 1 is 1.22 bits per heavy atom. The molecule has 0 bridgehead atoms. The second-order valence-corrected chi connectivity index (χ2v) is 7.57. The molecule has 0 aliphatic heterocycles. The van der Waals surface area contributed by atoms with Gasteiger partial charge < -0.3 is 10.1 Å². The molecule has 2 aromatic heterocycles. The number of fused-ring (bicyclic) bond motifs is 2. The van der Waals surface area contributed by atoms with Crippen LogP contribution in [0.3, 0.4) is 0 Å². The molecule has 2 aliphatic rings. The predicted molar refractivity (Wildman–Crippen MR) is 104 cm³/mol. The number of nitrogens with zero attached hydrogens (tertiary/aromatic N) is 3. The van der Waals surface area contributed by atoms with Crippen LogP contribution in [0.5, 0.6) is 5.75 Å². The zero-order chi connectivity index (χ0) is 18.4. The number of nitriles is 1. The Labute approximate surface area is 158 Å². The summed E-state index contributed by atoms with van der Waals surface area (Å²) < 4.78 is 7.63. The summed E-state index contributed by atoms with van der Waals surface area (Å²) >= 11 is 0. The van der Waals surface area contributed by atoms with Crippen LogP contribution < -0.4 is 10.1 Å². The third-order valence-corrected chi connectivity index (χ3v) is 5.94. The lowest BCUT2D eigenvalue weighted by Gasteiger charge is -2.16. The Bertz CT molecular complexity index is 1050. The summed E-state index contributed by atoms with van der Waals surface area (Å²) in [4.78, 5) is 4.86. The van der Waals surface area contributed by atoms with E-state index < -0.39 is 0 Å². The third-order valence-electron chi connectivity index (χ3n) is 5.94. The van der Waals surface area contributed by atoms with Crippen molar-refractivity contribution in [2.24, 2.45) is 0 Å². The highest BCUT2D eigenvalue weighted by molar-refractivity contribution is 5.82. The van der Waals surface area contributed by atoms with Crippen molar-refractivity contribution in [3.05, 3.63) is 35.0 Å². The Kier molecular flexibility index (Phi) is 3.82. The smallest absolute Gasteiger partial charge is 0.173 e. The van der Waals surface area contributed by atoms with Crippen LogP contribution >= 0.6 is 0 Å². The first-order valence-electron chi connectivity index (χ1n) is 9.75. The zero-order valence-electron chi connectivity index (χ0n) is 15.5. The predicted octanol–water partition coefficient (Wildman–Crippen LogP) is 4.05. The second kappa shape index (κ2) is 6.34. The van der Waals surface area contributed by atoms with Crippen LogP contribution in [0.1, 0.15) is 48.8 Å². The van der Waals surface area contributed by atoms with Gasteiger partial charge in [0.2, 0.25) is 0 Å². The number of benzene rings is 1. The summed E-state index contributed by atoms with van der Waals surface area (Å²) in [6.45, 7) is 0. The number of nitrogens with one attached hydrogen (secondary N) is 2. The van der Waals surface area contributed by atoms with Gasteiger partial charge in [-0.25, -0.2) is 9.50 Å². The Morgan fingerprint density at radius 2 is 2.00 bits per heavy atom. The molecule has 1 saturated carbocycles. The lowest BCUT2D eigenvalue weighted by Crippen LogP contribution is -2.16. The number of hydrogen-bond acceptors (Lipinski definition) is 4. The van der Waals surface area contributed by atoms with Crippen molar-refractivity contribution in [1.29, 1.82) is 5.26 Å². The molecule has 2 N–H and O–H groups in total. The molecule has 1 aromatic carbocycles. The lowest BCUT2D eigenvalue weighted by atomic mass is 10.0. The minimum atomic E-state index is 0.443. The largest absolute Gasteiger partial charge is 0.496 e. The van der Waals surface area contributed by atoms with Crippen molar-refractivity contribution in [2.45, 2.75) is 51.0 Å². The molecule has 2 aliphatic carbocycles. The molecule has 0 atom stereocenters. The van der Waals surface area contributed by atoms with Crippen molar-refractivity contribution in [1.82, 2.24) is 14.6 Å². The normalized spacial score (nSPS) is 16.6. The summed E-state index contributed by atoms with van der Waals surface area (Å²) in [6.07, 6.45) is 9.97. The van der Waals surface area contributed by atoms with E-state index in [-0.39, 0.29) is 0 Å². The zero-order valence-corrected chi connectivity index (χ0v) is 15.5. The minimum absolute atomic E-state index is 0.443. The van der Waals surface area contributed by atoms with Crippen LogP contribution in [-0.2, 0) is 12.8 Å². The average molecular weight is 361 g/mol. The molecule has 6 heteroatoms. The van der Waals surface area contributed by atoms with Crippen molar-refractivity contribution < 1.29 is 4.74 Å². The molecule has 0 amide bonds. The molecule has 0 saturated heterocycles. The van der Waals surface area contributed by atoms with Gasteiger partial charge in [0.25, 0.3) is 0 Å². The summed E-state index contributed by atoms with van der Waals surface area (Å²) in [6, 6.07) is 7.07. The van der Waals surface area contributed by atoms with E-state index in [9.17, 15) is 5.26 Å². The third kappa shape index (κ3) is 2.57. The van der Waals surface area contributed by atoms with Gasteiger partial charge in [-0.2, -0.15) is 5.26 Å². The molecule has 0 unspecified atom stereocenters. The van der Waals surface area contributed by atoms with E-state index in [1.165, 1.54) is 43.2 Å². The van der Waals surface area contributed by atoms with E-state index in [1.807, 2.05) is 4.52 Å². The Hall–Kier alpha value is -2.94. The van der Waals surface area contributed by atoms with Crippen LogP contribution in [0.25, 0.3) is 16.9 Å². The van der Waals surface area contributed by atoms with Gasteiger partial charge in [-0.15, -0.1) is 0 Å². The summed E-state index contributed by atoms with van der Waals surface area (Å²) in [5.41, 5.74) is 5.83. The van der Waals surface area contributed by atoms with E-state index in [0.29, 0.717) is 17.3 Å². The first-order valence-corrected chi connectivity index (χ1v) is 9.75. The number of rotatable bonds is 4. The number of imidazole rings is 1. The maximum atomic E-state index is 9.44. The molecule has 138 valence electrons. The number of anilines is 1. The van der Waals surface area contributed by atoms with Crippen molar-refractivity contribution in [2.75, 3.05) is 12.4 Å². The number of H-pyrrole nitrogens is 1. The van der Waals surface area contributed by atoms with Gasteiger partial charge in [0.1, 0.15) is 23.1 Å². The van der Waals surface area contributed by atoms with Crippen LogP contribution in [0.4, 0.5) is 5.82 Å². The van der Waals surface area contributed by atoms with E-state index >= 15 is 0 Å². The fourth-order valence-corrected chi connectivity index (χ4v) is 4.54. The highest BCUT2D eigenvalue weighted by Gasteiger charge is 2.25. The van der Waals surface area contributed by atoms with Crippen LogP contribution in [-0.4, -0.2) is 27.7 Å². The highest BCUT2D eigenvalue weighted by Crippen LogP contribution is 2.40. The molecule has 1 fully saturated rings. The van der Waals surface area contributed by atoms with Crippen LogP contribution in [0.15, 0.2) is 18.3 Å². The number of aromatic amines is 1. The minimum Gasteiger partial charge on any atom is -0.496 e. The fourth-order valence-electron chi connectivity index (χ4n) is 4.54. The fraction of sp³-hybridized carbons (Fsp3) is 0.429. The highest BCUT2D eigenvalue weighted by atomic mass is 16.5. The first kappa shape index (κ1) is 16.2. The number of aromatic nitrogens is 3. The summed E-state index contributed by atoms with van der Waals surface area (Å²) in [7, 11) is 1.72. The van der Waals surface area contributed by atoms with Gasteiger partial charge in [0, 0.05) is 17.8 Å². The number of aryl methyl sites for hydroxylation is 2. The molecule has 0 spiro atoms. The maximum Gasteiger partial charge on any atom is 0.173 e. The summed E-state index contributed by atoms with van der Waals surface area (Å²) in [5.74, 6) is 1.78. The van der Waals surface area contributed by atoms with Gasteiger partial charge in [-0.05, 0) is 55.4 Å². The Morgan fingerprint density at radius 3 is 2.74 bits per heavy atom. The average Bonchev–Trinajstić information content (AvgIpc) is 3.46. The maximum absolute atomic E-state index is 9.44. The van der Waals surface area contributed by atoms with Gasteiger partial charge in [0.15, 0.2) is 11.5 Å². The van der Waals surface area contributed by atoms with E-state index in [0.717, 1.165) is 35.7 Å². The van der Waals surface area contributed by atoms with E-state index in [1.54, 1.807) is 13.3 Å². The SMILES string of the molecule is COc1cc2c(cc1-c1nc3c(C#N)c[nH]n3c1NC1CCCC1)CCC2. The number of ether oxygens (including phenoxy) is 1. The molecular formula is C21H23N5O. The van der Waals surface area contributed by atoms with Gasteiger partial charge >= 0.3 is 0 Å². The van der Waals surface area contributed by atoms with Gasteiger partial charge in [-0.3, -0.25) is 5.10 Å². The number of methoxy groups -OCH3 is 1. The van der Waals surface area contributed by atoms with Crippen LogP contribution in [0, 0.1) is 11.3 Å². The lowest BCUT2D eigenvalue weighted by molar-refractivity contribution is 0.416. The molecule has 2 heterocycles. The van der Waals surface area contributed by atoms with Crippen molar-refractivity contribution in [3.63, 3.8) is 0 Å². The first-order chi connectivity index (χ1) is 13.3. The quantitative estimate of drug-likeness (QED) is 0.735. The molecule has 3 aromatic rings. The van der Waals surface area contributed by atoms with Crippen LogP contribution in [0.2, 0.25) is 0 Å². The molecule has 5 rings (SSSR count).